The molecule has 1 heterocycles. The average Bonchev–Trinajstić information content (AvgIpc) is 2.55. The first-order chi connectivity index (χ1) is 11.3. The van der Waals surface area contributed by atoms with Crippen molar-refractivity contribution in [1.82, 2.24) is 0 Å². The third-order valence-corrected chi connectivity index (χ3v) is 4.54. The molecule has 0 saturated carbocycles. The fraction of sp³-hybridized carbons (Fsp3) is 0.357. The minimum Gasteiger partial charge on any atom is -0.382 e. The smallest absolute Gasteiger partial charge is 0.201 e. The predicted molar refractivity (Wildman–Crippen MR) is 91.2 cm³/mol. The summed E-state index contributed by atoms with van der Waals surface area (Å²) in [5, 5.41) is 19.8. The highest BCUT2D eigenvalue weighted by Crippen LogP contribution is 2.28. The Hall–Kier alpha value is -2.64. The van der Waals surface area contributed by atoms with Crippen molar-refractivity contribution < 1.29 is 13.2 Å². The standard InChI is InChI=1S/C14H18N6O3S/c1-24(21,22)13-3-2-10(20-4-6-23-7-5-20)8-11(13)18-19-12(9-15)14(16)17/h2-3,8,18H,4-7H2,1H3,(H3,16,17)/b19-12+. The van der Waals surface area contributed by atoms with Gasteiger partial charge in [-0.05, 0) is 18.2 Å². The van der Waals surface area contributed by atoms with Crippen molar-refractivity contribution in [3.8, 4) is 6.07 Å². The average molecular weight is 350 g/mol. The van der Waals surface area contributed by atoms with E-state index in [0.717, 1.165) is 11.9 Å². The second kappa shape index (κ2) is 7.29. The molecular weight excluding hydrogens is 332 g/mol. The number of nitriles is 1. The van der Waals surface area contributed by atoms with Gasteiger partial charge in [-0.3, -0.25) is 10.8 Å². The summed E-state index contributed by atoms with van der Waals surface area (Å²) in [4.78, 5) is 2.10. The number of nitrogens with zero attached hydrogens (tertiary/aromatic N) is 3. The lowest BCUT2D eigenvalue weighted by Gasteiger charge is -2.29. The summed E-state index contributed by atoms with van der Waals surface area (Å²) < 4.78 is 29.2. The van der Waals surface area contributed by atoms with E-state index >= 15 is 0 Å². The van der Waals surface area contributed by atoms with E-state index in [0.29, 0.717) is 26.3 Å². The van der Waals surface area contributed by atoms with Gasteiger partial charge in [0, 0.05) is 25.0 Å². The van der Waals surface area contributed by atoms with Gasteiger partial charge in [0.15, 0.2) is 15.7 Å². The van der Waals surface area contributed by atoms with Crippen molar-refractivity contribution in [2.24, 2.45) is 10.8 Å². The van der Waals surface area contributed by atoms with E-state index in [2.05, 4.69) is 15.4 Å². The van der Waals surface area contributed by atoms with Gasteiger partial charge in [-0.25, -0.2) is 8.42 Å². The van der Waals surface area contributed by atoms with Crippen LogP contribution in [0.1, 0.15) is 0 Å². The molecule has 0 spiro atoms. The number of hydrogen-bond donors (Lipinski definition) is 3. The first-order valence-electron chi connectivity index (χ1n) is 7.08. The van der Waals surface area contributed by atoms with E-state index in [-0.39, 0.29) is 16.3 Å². The van der Waals surface area contributed by atoms with Crippen LogP contribution in [0.5, 0.6) is 0 Å². The summed E-state index contributed by atoms with van der Waals surface area (Å²) in [7, 11) is -3.50. The van der Waals surface area contributed by atoms with E-state index in [1.165, 1.54) is 6.07 Å². The number of sulfone groups is 1. The number of amidine groups is 1. The van der Waals surface area contributed by atoms with Crippen LogP contribution in [0, 0.1) is 16.7 Å². The monoisotopic (exact) mass is 350 g/mol. The van der Waals surface area contributed by atoms with Crippen LogP contribution in [-0.4, -0.2) is 52.5 Å². The van der Waals surface area contributed by atoms with Gasteiger partial charge in [0.05, 0.1) is 23.8 Å². The van der Waals surface area contributed by atoms with Crippen LogP contribution in [0.3, 0.4) is 0 Å². The van der Waals surface area contributed by atoms with Crippen molar-refractivity contribution in [2.75, 3.05) is 42.9 Å². The summed E-state index contributed by atoms with van der Waals surface area (Å²) in [5.41, 5.74) is 8.47. The summed E-state index contributed by atoms with van der Waals surface area (Å²) in [5.74, 6) is -0.504. The van der Waals surface area contributed by atoms with Crippen LogP contribution >= 0.6 is 0 Å². The molecule has 1 aliphatic rings. The predicted octanol–water partition coefficient (Wildman–Crippen LogP) is 0.154. The van der Waals surface area contributed by atoms with Gasteiger partial charge >= 0.3 is 0 Å². The van der Waals surface area contributed by atoms with Gasteiger partial charge in [0.25, 0.3) is 0 Å². The molecule has 0 unspecified atom stereocenters. The maximum atomic E-state index is 11.9. The Morgan fingerprint density at radius 1 is 1.46 bits per heavy atom. The number of benzene rings is 1. The van der Waals surface area contributed by atoms with E-state index in [1.807, 2.05) is 0 Å². The van der Waals surface area contributed by atoms with Gasteiger partial charge in [-0.1, -0.05) is 0 Å². The first-order valence-corrected chi connectivity index (χ1v) is 8.97. The lowest BCUT2D eigenvalue weighted by molar-refractivity contribution is 0.122. The maximum Gasteiger partial charge on any atom is 0.201 e. The number of hydrogen-bond acceptors (Lipinski definition) is 8. The molecule has 24 heavy (non-hydrogen) atoms. The molecule has 0 atom stereocenters. The van der Waals surface area contributed by atoms with E-state index in [4.69, 9.17) is 21.1 Å². The zero-order valence-corrected chi connectivity index (χ0v) is 13.9. The van der Waals surface area contributed by atoms with Gasteiger partial charge in [0.2, 0.25) is 5.71 Å². The molecule has 0 radical (unpaired) electrons. The second-order valence-corrected chi connectivity index (χ2v) is 7.13. The van der Waals surface area contributed by atoms with Crippen molar-refractivity contribution in [1.29, 1.82) is 10.7 Å². The summed E-state index contributed by atoms with van der Waals surface area (Å²) in [6.07, 6.45) is 1.09. The normalized spacial score (nSPS) is 15.7. The van der Waals surface area contributed by atoms with E-state index in [1.54, 1.807) is 18.2 Å². The molecule has 2 rings (SSSR count). The number of nitrogens with two attached hydrogens (primary N) is 1. The van der Waals surface area contributed by atoms with Crippen LogP contribution in [0.4, 0.5) is 11.4 Å². The molecule has 1 aliphatic heterocycles. The quantitative estimate of drug-likeness (QED) is 0.389. The highest BCUT2D eigenvalue weighted by molar-refractivity contribution is 7.90. The van der Waals surface area contributed by atoms with Crippen molar-refractivity contribution in [3.63, 3.8) is 0 Å². The number of hydrazone groups is 1. The third-order valence-electron chi connectivity index (χ3n) is 3.39. The van der Waals surface area contributed by atoms with Crippen molar-refractivity contribution in [2.45, 2.75) is 4.90 Å². The summed E-state index contributed by atoms with van der Waals surface area (Å²) in [6, 6.07) is 6.51. The topological polar surface area (TPSA) is 145 Å². The molecule has 1 saturated heterocycles. The molecule has 1 aromatic carbocycles. The highest BCUT2D eigenvalue weighted by Gasteiger charge is 2.18. The van der Waals surface area contributed by atoms with E-state index in [9.17, 15) is 8.42 Å². The molecule has 0 amide bonds. The van der Waals surface area contributed by atoms with Gasteiger partial charge < -0.3 is 15.4 Å². The fourth-order valence-corrected chi connectivity index (χ4v) is 3.03. The van der Waals surface area contributed by atoms with Gasteiger partial charge in [0.1, 0.15) is 6.07 Å². The number of morpholine rings is 1. The van der Waals surface area contributed by atoms with E-state index < -0.39 is 15.7 Å². The summed E-state index contributed by atoms with van der Waals surface area (Å²) >= 11 is 0. The number of anilines is 2. The van der Waals surface area contributed by atoms with Gasteiger partial charge in [-0.15, -0.1) is 0 Å². The van der Waals surface area contributed by atoms with Crippen molar-refractivity contribution in [3.05, 3.63) is 18.2 Å². The largest absolute Gasteiger partial charge is 0.382 e. The Kier molecular flexibility index (Phi) is 5.38. The Bertz CT molecular complexity index is 806. The molecule has 0 aromatic heterocycles. The van der Waals surface area contributed by atoms with Crippen LogP contribution in [0.2, 0.25) is 0 Å². The minimum atomic E-state index is -3.50. The maximum absolute atomic E-state index is 11.9. The Balaban J connectivity index is 2.41. The Morgan fingerprint density at radius 3 is 2.67 bits per heavy atom. The van der Waals surface area contributed by atoms with Crippen LogP contribution in [-0.2, 0) is 14.6 Å². The first kappa shape index (κ1) is 17.7. The minimum absolute atomic E-state index is 0.0455. The molecule has 4 N–H and O–H groups in total. The van der Waals surface area contributed by atoms with Crippen LogP contribution in [0.15, 0.2) is 28.2 Å². The molecule has 1 aromatic rings. The molecular formula is C14H18N6O3S. The number of rotatable bonds is 5. The molecule has 128 valence electrons. The lowest BCUT2D eigenvalue weighted by atomic mass is 10.2. The SMILES string of the molecule is CS(=O)(=O)c1ccc(N2CCOCC2)cc1N/N=C(\C#N)C(=N)N. The lowest BCUT2D eigenvalue weighted by Crippen LogP contribution is -2.36. The second-order valence-electron chi connectivity index (χ2n) is 5.15. The highest BCUT2D eigenvalue weighted by atomic mass is 32.2. The molecule has 0 bridgehead atoms. The molecule has 1 fully saturated rings. The molecule has 0 aliphatic carbocycles. The third kappa shape index (κ3) is 4.21. The Morgan fingerprint density at radius 2 is 2.12 bits per heavy atom. The molecule has 10 heteroatoms. The molecule has 9 nitrogen and oxygen atoms in total. The van der Waals surface area contributed by atoms with Crippen LogP contribution in [0.25, 0.3) is 0 Å². The number of nitrogens with one attached hydrogen (secondary N) is 2. The zero-order chi connectivity index (χ0) is 17.7. The number of ether oxygens (including phenoxy) is 1. The van der Waals surface area contributed by atoms with Gasteiger partial charge in [-0.2, -0.15) is 10.4 Å². The Labute approximate surface area is 140 Å². The zero-order valence-electron chi connectivity index (χ0n) is 13.1. The summed E-state index contributed by atoms with van der Waals surface area (Å²) in [6.45, 7) is 2.57. The van der Waals surface area contributed by atoms with Crippen molar-refractivity contribution >= 4 is 32.8 Å². The van der Waals surface area contributed by atoms with Crippen LogP contribution < -0.4 is 16.1 Å². The fourth-order valence-electron chi connectivity index (χ4n) is 2.21.